The van der Waals surface area contributed by atoms with Gasteiger partial charge in [0.05, 0.1) is 29.1 Å². The third kappa shape index (κ3) is 2.84. The molecule has 3 aromatic rings. The van der Waals surface area contributed by atoms with Gasteiger partial charge in [-0.1, -0.05) is 6.07 Å². The summed E-state index contributed by atoms with van der Waals surface area (Å²) < 4.78 is 7.18. The van der Waals surface area contributed by atoms with Crippen molar-refractivity contribution in [2.45, 2.75) is 6.42 Å². The van der Waals surface area contributed by atoms with Gasteiger partial charge < -0.3 is 10.5 Å². The molecule has 0 atom stereocenters. The van der Waals surface area contributed by atoms with Crippen molar-refractivity contribution in [1.29, 1.82) is 0 Å². The van der Waals surface area contributed by atoms with E-state index in [2.05, 4.69) is 22.6 Å². The number of hydrogen-bond acceptors (Lipinski definition) is 4. The lowest BCUT2D eigenvalue weighted by atomic mass is 10.2. The Hall–Kier alpha value is -2.11. The fourth-order valence-corrected chi connectivity index (χ4v) is 2.95. The van der Waals surface area contributed by atoms with Gasteiger partial charge in [0.2, 0.25) is 0 Å². The van der Waals surface area contributed by atoms with Crippen LogP contribution in [0, 0.1) is 0 Å². The van der Waals surface area contributed by atoms with Gasteiger partial charge >= 0.3 is 0 Å². The summed E-state index contributed by atoms with van der Waals surface area (Å²) in [5.41, 5.74) is 8.77. The van der Waals surface area contributed by atoms with E-state index in [1.54, 1.807) is 18.4 Å². The van der Waals surface area contributed by atoms with Crippen molar-refractivity contribution in [2.24, 2.45) is 5.73 Å². The zero-order valence-electron chi connectivity index (χ0n) is 11.8. The van der Waals surface area contributed by atoms with E-state index in [0.29, 0.717) is 6.54 Å². The summed E-state index contributed by atoms with van der Waals surface area (Å²) >= 11 is 1.71. The first-order chi connectivity index (χ1) is 10.3. The van der Waals surface area contributed by atoms with Crippen molar-refractivity contribution < 1.29 is 4.74 Å². The van der Waals surface area contributed by atoms with E-state index < -0.39 is 0 Å². The average Bonchev–Trinajstić information content (AvgIpc) is 3.16. The van der Waals surface area contributed by atoms with Gasteiger partial charge in [0, 0.05) is 6.42 Å². The molecule has 0 amide bonds. The van der Waals surface area contributed by atoms with Gasteiger partial charge in [0.25, 0.3) is 0 Å². The van der Waals surface area contributed by atoms with Gasteiger partial charge in [-0.15, -0.1) is 11.3 Å². The molecule has 0 bridgehead atoms. The fourth-order valence-electron chi connectivity index (χ4n) is 2.22. The molecule has 0 aliphatic heterocycles. The number of rotatable bonds is 5. The van der Waals surface area contributed by atoms with E-state index in [4.69, 9.17) is 10.5 Å². The molecule has 0 saturated carbocycles. The molecule has 0 aliphatic rings. The SMILES string of the molecule is COc1ccc(-n2nc(CCN)cc2-c2cccs2)cc1. The van der Waals surface area contributed by atoms with Gasteiger partial charge in [0.1, 0.15) is 5.75 Å². The van der Waals surface area contributed by atoms with Crippen LogP contribution in [0.4, 0.5) is 0 Å². The molecule has 0 aliphatic carbocycles. The fraction of sp³-hybridized carbons (Fsp3) is 0.188. The van der Waals surface area contributed by atoms with Gasteiger partial charge in [0.15, 0.2) is 0 Å². The maximum Gasteiger partial charge on any atom is 0.119 e. The molecule has 0 fully saturated rings. The lowest BCUT2D eigenvalue weighted by molar-refractivity contribution is 0.414. The van der Waals surface area contributed by atoms with Crippen LogP contribution in [-0.4, -0.2) is 23.4 Å². The first kappa shape index (κ1) is 13.9. The van der Waals surface area contributed by atoms with E-state index in [1.165, 1.54) is 4.88 Å². The van der Waals surface area contributed by atoms with Gasteiger partial charge in [-0.2, -0.15) is 5.10 Å². The Kier molecular flexibility index (Phi) is 4.03. The summed E-state index contributed by atoms with van der Waals surface area (Å²) in [6, 6.07) is 14.2. The molecule has 0 saturated heterocycles. The molecule has 5 heteroatoms. The van der Waals surface area contributed by atoms with Crippen molar-refractivity contribution in [3.8, 4) is 22.0 Å². The number of nitrogens with two attached hydrogens (primary N) is 1. The Morgan fingerprint density at radius 3 is 2.67 bits per heavy atom. The number of hydrogen-bond donors (Lipinski definition) is 1. The van der Waals surface area contributed by atoms with Gasteiger partial charge in [-0.3, -0.25) is 0 Å². The minimum absolute atomic E-state index is 0.601. The second kappa shape index (κ2) is 6.11. The topological polar surface area (TPSA) is 53.1 Å². The minimum Gasteiger partial charge on any atom is -0.497 e. The third-order valence-electron chi connectivity index (χ3n) is 3.25. The minimum atomic E-state index is 0.601. The lowest BCUT2D eigenvalue weighted by Gasteiger charge is -2.07. The van der Waals surface area contributed by atoms with Crippen LogP contribution in [0.1, 0.15) is 5.69 Å². The van der Waals surface area contributed by atoms with Crippen LogP contribution in [0.3, 0.4) is 0 Å². The van der Waals surface area contributed by atoms with E-state index in [1.807, 2.05) is 35.0 Å². The molecule has 1 aromatic carbocycles. The molecule has 3 rings (SSSR count). The molecule has 0 spiro atoms. The molecule has 2 N–H and O–H groups in total. The normalized spacial score (nSPS) is 10.8. The average molecular weight is 299 g/mol. The van der Waals surface area contributed by atoms with Crippen molar-refractivity contribution >= 4 is 11.3 Å². The molecular formula is C16H17N3OS. The largest absolute Gasteiger partial charge is 0.497 e. The standard InChI is InChI=1S/C16H17N3OS/c1-20-14-6-4-13(5-7-14)19-15(16-3-2-10-21-16)11-12(18-19)8-9-17/h2-7,10-11H,8-9,17H2,1H3. The summed E-state index contributed by atoms with van der Waals surface area (Å²) in [5, 5.41) is 6.76. The maximum absolute atomic E-state index is 5.65. The molecule has 21 heavy (non-hydrogen) atoms. The summed E-state index contributed by atoms with van der Waals surface area (Å²) in [7, 11) is 1.67. The van der Waals surface area contributed by atoms with Crippen molar-refractivity contribution in [3.05, 3.63) is 53.5 Å². The van der Waals surface area contributed by atoms with Crippen LogP contribution in [0.25, 0.3) is 16.3 Å². The highest BCUT2D eigenvalue weighted by Gasteiger charge is 2.12. The summed E-state index contributed by atoms with van der Waals surface area (Å²) in [5.74, 6) is 0.839. The highest BCUT2D eigenvalue weighted by molar-refractivity contribution is 7.13. The molecular weight excluding hydrogens is 282 g/mol. The number of thiophene rings is 1. The number of methoxy groups -OCH3 is 1. The highest BCUT2D eigenvalue weighted by atomic mass is 32.1. The summed E-state index contributed by atoms with van der Waals surface area (Å²) in [4.78, 5) is 1.20. The van der Waals surface area contributed by atoms with E-state index >= 15 is 0 Å². The van der Waals surface area contributed by atoms with Crippen LogP contribution in [0.2, 0.25) is 0 Å². The van der Waals surface area contributed by atoms with Crippen molar-refractivity contribution in [1.82, 2.24) is 9.78 Å². The van der Waals surface area contributed by atoms with Crippen LogP contribution in [0.5, 0.6) is 5.75 Å². The number of aromatic nitrogens is 2. The first-order valence-corrected chi connectivity index (χ1v) is 7.67. The Morgan fingerprint density at radius 1 is 1.24 bits per heavy atom. The Labute approximate surface area is 127 Å². The quantitative estimate of drug-likeness (QED) is 0.787. The Balaban J connectivity index is 2.06. The Bertz CT molecular complexity index is 702. The van der Waals surface area contributed by atoms with E-state index in [0.717, 1.165) is 29.2 Å². The molecule has 2 aromatic heterocycles. The molecule has 4 nitrogen and oxygen atoms in total. The molecule has 0 unspecified atom stereocenters. The van der Waals surface area contributed by atoms with Crippen molar-refractivity contribution in [3.63, 3.8) is 0 Å². The smallest absolute Gasteiger partial charge is 0.119 e. The number of nitrogens with zero attached hydrogens (tertiary/aromatic N) is 2. The van der Waals surface area contributed by atoms with Crippen LogP contribution >= 0.6 is 11.3 Å². The van der Waals surface area contributed by atoms with Crippen LogP contribution in [0.15, 0.2) is 47.8 Å². The molecule has 2 heterocycles. The highest BCUT2D eigenvalue weighted by Crippen LogP contribution is 2.28. The number of ether oxygens (including phenoxy) is 1. The second-order valence-corrected chi connectivity index (χ2v) is 5.59. The van der Waals surface area contributed by atoms with E-state index in [9.17, 15) is 0 Å². The van der Waals surface area contributed by atoms with E-state index in [-0.39, 0.29) is 0 Å². The lowest BCUT2D eigenvalue weighted by Crippen LogP contribution is -2.04. The number of benzene rings is 1. The molecule has 108 valence electrons. The zero-order valence-corrected chi connectivity index (χ0v) is 12.6. The zero-order chi connectivity index (χ0) is 14.7. The Morgan fingerprint density at radius 2 is 2.05 bits per heavy atom. The second-order valence-electron chi connectivity index (χ2n) is 4.65. The van der Waals surface area contributed by atoms with Gasteiger partial charge in [-0.25, -0.2) is 4.68 Å². The predicted octanol–water partition coefficient (Wildman–Crippen LogP) is 3.11. The third-order valence-corrected chi connectivity index (χ3v) is 4.14. The monoisotopic (exact) mass is 299 g/mol. The summed E-state index contributed by atoms with van der Waals surface area (Å²) in [6.07, 6.45) is 0.779. The van der Waals surface area contributed by atoms with Crippen LogP contribution in [-0.2, 0) is 6.42 Å². The predicted molar refractivity (Wildman–Crippen MR) is 86.2 cm³/mol. The maximum atomic E-state index is 5.65. The summed E-state index contributed by atoms with van der Waals surface area (Å²) in [6.45, 7) is 0.601. The molecule has 0 radical (unpaired) electrons. The van der Waals surface area contributed by atoms with Gasteiger partial charge in [-0.05, 0) is 48.3 Å². The van der Waals surface area contributed by atoms with Crippen molar-refractivity contribution in [2.75, 3.05) is 13.7 Å². The first-order valence-electron chi connectivity index (χ1n) is 6.79. The van der Waals surface area contributed by atoms with Crippen LogP contribution < -0.4 is 10.5 Å².